The minimum Gasteiger partial charge on any atom is -0.343 e. The Kier molecular flexibility index (Phi) is 16.9. The molecule has 4 atom stereocenters. The molecule has 26 heteroatoms. The Morgan fingerprint density at radius 3 is 1.23 bits per heavy atom. The summed E-state index contributed by atoms with van der Waals surface area (Å²) >= 11 is 0. The van der Waals surface area contributed by atoms with Crippen LogP contribution in [0.3, 0.4) is 0 Å². The Labute approximate surface area is 524 Å². The van der Waals surface area contributed by atoms with E-state index in [9.17, 15) is 63.1 Å². The molecule has 0 radical (unpaired) electrons. The highest BCUT2D eigenvalue weighted by Gasteiger charge is 2.68. The van der Waals surface area contributed by atoms with Crippen molar-refractivity contribution in [3.05, 3.63) is 154 Å². The lowest BCUT2D eigenvalue weighted by Crippen LogP contribution is -2.50. The monoisotopic (exact) mass is 1280 g/mol. The van der Waals surface area contributed by atoms with Crippen LogP contribution in [0.25, 0.3) is 0 Å². The van der Waals surface area contributed by atoms with Gasteiger partial charge in [-0.05, 0) is 136 Å². The molecule has 488 valence electrons. The van der Waals surface area contributed by atoms with Gasteiger partial charge in [0.05, 0.1) is 0 Å². The third kappa shape index (κ3) is 12.0. The summed E-state index contributed by atoms with van der Waals surface area (Å²) in [6.45, 7) is 2.86. The number of hydrogen-bond donors (Lipinski definition) is 2. The van der Waals surface area contributed by atoms with Gasteiger partial charge in [-0.3, -0.25) is 9.59 Å². The molecule has 8 heterocycles. The van der Waals surface area contributed by atoms with Crippen molar-refractivity contribution >= 4 is 35.3 Å². The SMILES string of the molecule is O=C(C[C@@H]1CC[C@@H](c2cccc(F)c2F)Cn2c1nnc2C1(C(F)(F)F)CC1)N1CCC(N2CCc3ccccc3NC2=O)CC1.O=C(C[C@H]1CC[C@H](c2cccc(F)c2F)Cn2c1nnc2C1(C(F)(F)F)CC1)N1CCC(N2CCc3ccccc3NC2=O)CC1. The fourth-order valence-corrected chi connectivity index (χ4v) is 15.1. The van der Waals surface area contributed by atoms with Crippen molar-refractivity contribution < 1.29 is 63.1 Å². The van der Waals surface area contributed by atoms with Gasteiger partial charge >= 0.3 is 24.4 Å². The number of nitrogens with zero attached hydrogens (tertiary/aromatic N) is 10. The number of aromatic nitrogens is 6. The van der Waals surface area contributed by atoms with Crippen molar-refractivity contribution in [2.75, 3.05) is 49.9 Å². The molecule has 0 spiro atoms. The summed E-state index contributed by atoms with van der Waals surface area (Å²) in [6, 6.07) is 22.8. The van der Waals surface area contributed by atoms with E-state index < -0.39 is 70.1 Å². The predicted octanol–water partition coefficient (Wildman–Crippen LogP) is 12.6. The maximum Gasteiger partial charge on any atom is 0.401 e. The summed E-state index contributed by atoms with van der Waals surface area (Å²) in [6.07, 6.45) is -4.23. The standard InChI is InChI=1S/2C33H35F5N6O2/c2*34-25-6-3-5-24(28(25)35)22-9-8-21(29-40-41-30(44(29)19-22)32(13-14-32)33(36,37)38)18-27(45)42-15-11-23(12-16-42)43-17-10-20-4-1-2-7-26(20)39-31(43)46/h2*1-7,21-23H,8-19H2,(H,39,46)/t2*21-,22+/m10/s1. The summed E-state index contributed by atoms with van der Waals surface area (Å²) in [7, 11) is 0. The van der Waals surface area contributed by atoms with Gasteiger partial charge < -0.3 is 39.4 Å². The lowest BCUT2D eigenvalue weighted by Gasteiger charge is -2.38. The molecule has 6 amide bonds. The van der Waals surface area contributed by atoms with Gasteiger partial charge in [-0.2, -0.15) is 26.3 Å². The van der Waals surface area contributed by atoms with E-state index in [4.69, 9.17) is 0 Å². The quantitative estimate of drug-likeness (QED) is 0.128. The number of fused-ring (bicyclic) bond motifs is 4. The molecule has 6 aliphatic heterocycles. The van der Waals surface area contributed by atoms with Crippen LogP contribution < -0.4 is 10.6 Å². The van der Waals surface area contributed by atoms with E-state index >= 15 is 0 Å². The van der Waals surface area contributed by atoms with Crippen LogP contribution in [0.2, 0.25) is 0 Å². The molecule has 0 bridgehead atoms. The van der Waals surface area contributed by atoms with Crippen molar-refractivity contribution in [3.63, 3.8) is 0 Å². The third-order valence-corrected chi connectivity index (χ3v) is 20.7. The molecule has 14 rings (SSSR count). The van der Waals surface area contributed by atoms with Crippen molar-refractivity contribution in [3.8, 4) is 0 Å². The molecule has 2 N–H and O–H groups in total. The highest BCUT2D eigenvalue weighted by atomic mass is 19.4. The van der Waals surface area contributed by atoms with Gasteiger partial charge in [0.2, 0.25) is 11.8 Å². The lowest BCUT2D eigenvalue weighted by molar-refractivity contribution is -0.163. The van der Waals surface area contributed by atoms with Crippen LogP contribution in [-0.2, 0) is 46.4 Å². The van der Waals surface area contributed by atoms with Gasteiger partial charge in [0.15, 0.2) is 23.3 Å². The number of alkyl halides is 6. The number of hydrogen-bond acceptors (Lipinski definition) is 8. The molecule has 8 aliphatic rings. The number of anilines is 2. The fraction of sp³-hybridized carbons (Fsp3) is 0.515. The number of nitrogens with one attached hydrogen (secondary N) is 2. The van der Waals surface area contributed by atoms with Gasteiger partial charge in [-0.15, -0.1) is 20.4 Å². The second-order valence-electron chi connectivity index (χ2n) is 26.1. The first-order valence-corrected chi connectivity index (χ1v) is 31.9. The van der Waals surface area contributed by atoms with E-state index in [1.807, 2.05) is 58.3 Å². The summed E-state index contributed by atoms with van der Waals surface area (Å²) < 4.78 is 146. The second kappa shape index (κ2) is 24.8. The minimum absolute atomic E-state index is 0.0136. The smallest absolute Gasteiger partial charge is 0.343 e. The number of likely N-dealkylation sites (tertiary alicyclic amines) is 2. The maximum absolute atomic E-state index is 14.9. The van der Waals surface area contributed by atoms with Crippen molar-refractivity contribution in [1.82, 2.24) is 49.1 Å². The van der Waals surface area contributed by atoms with Gasteiger partial charge in [0.25, 0.3) is 0 Å². The number of halogens is 10. The molecule has 2 aromatic heterocycles. The first-order chi connectivity index (χ1) is 44.1. The zero-order chi connectivity index (χ0) is 64.4. The van der Waals surface area contributed by atoms with E-state index in [-0.39, 0.29) is 122 Å². The van der Waals surface area contributed by atoms with Crippen LogP contribution in [0, 0.1) is 23.3 Å². The Morgan fingerprint density at radius 2 is 0.859 bits per heavy atom. The molecule has 0 unspecified atom stereocenters. The number of amides is 6. The van der Waals surface area contributed by atoms with E-state index in [1.165, 1.54) is 33.4 Å². The number of rotatable bonds is 10. The average Bonchev–Trinajstić information content (AvgIpc) is 1.57. The molecule has 6 aromatic rings. The number of piperidine rings is 2. The average molecular weight is 1290 g/mol. The largest absolute Gasteiger partial charge is 0.401 e. The van der Waals surface area contributed by atoms with Gasteiger partial charge in [0, 0.05) is 112 Å². The molecule has 2 saturated carbocycles. The predicted molar refractivity (Wildman–Crippen MR) is 316 cm³/mol. The first-order valence-electron chi connectivity index (χ1n) is 31.9. The zero-order valence-corrected chi connectivity index (χ0v) is 50.4. The molecular weight excluding hydrogens is 1210 g/mol. The molecule has 4 aromatic carbocycles. The molecule has 92 heavy (non-hydrogen) atoms. The van der Waals surface area contributed by atoms with Gasteiger partial charge in [-0.1, -0.05) is 60.7 Å². The summed E-state index contributed by atoms with van der Waals surface area (Å²) in [5.41, 5.74) is -0.268. The summed E-state index contributed by atoms with van der Waals surface area (Å²) in [5, 5.41) is 22.5. The molecule has 2 aliphatic carbocycles. The van der Waals surface area contributed by atoms with Crippen LogP contribution >= 0.6 is 0 Å². The fourth-order valence-electron chi connectivity index (χ4n) is 15.1. The van der Waals surface area contributed by atoms with Gasteiger partial charge in [-0.25, -0.2) is 27.2 Å². The van der Waals surface area contributed by atoms with Crippen LogP contribution in [0.1, 0.15) is 159 Å². The number of urea groups is 2. The second-order valence-corrected chi connectivity index (χ2v) is 26.1. The summed E-state index contributed by atoms with van der Waals surface area (Å²) in [4.78, 5) is 60.5. The van der Waals surface area contributed by atoms with Crippen molar-refractivity contribution in [2.45, 2.75) is 175 Å². The number of benzene rings is 4. The maximum atomic E-state index is 14.9. The van der Waals surface area contributed by atoms with E-state index in [1.54, 1.807) is 9.80 Å². The van der Waals surface area contributed by atoms with Crippen LogP contribution in [0.5, 0.6) is 0 Å². The van der Waals surface area contributed by atoms with Crippen LogP contribution in [0.15, 0.2) is 84.9 Å². The molecular formula is C66H70F10N12O4. The molecule has 16 nitrogen and oxygen atoms in total. The van der Waals surface area contributed by atoms with Crippen LogP contribution in [0.4, 0.5) is 64.9 Å². The Morgan fingerprint density at radius 1 is 0.478 bits per heavy atom. The molecule has 4 fully saturated rings. The van der Waals surface area contributed by atoms with Crippen molar-refractivity contribution in [1.29, 1.82) is 0 Å². The van der Waals surface area contributed by atoms with Crippen molar-refractivity contribution in [2.24, 2.45) is 0 Å². The number of carbonyl (C=O) groups excluding carboxylic acids is 4. The Balaban J connectivity index is 0.000000168. The van der Waals surface area contributed by atoms with Gasteiger partial charge in [0.1, 0.15) is 34.1 Å². The Bertz CT molecular complexity index is 3530. The topological polar surface area (TPSA) is 167 Å². The van der Waals surface area contributed by atoms with E-state index in [0.717, 1.165) is 47.5 Å². The normalized spacial score (nSPS) is 23.2. The Hall–Kier alpha value is -8.06. The minimum atomic E-state index is -4.54. The van der Waals surface area contributed by atoms with E-state index in [0.29, 0.717) is 90.6 Å². The highest BCUT2D eigenvalue weighted by Crippen LogP contribution is 2.60. The summed E-state index contributed by atoms with van der Waals surface area (Å²) in [5.74, 6) is -6.52. The number of carbonyl (C=O) groups is 4. The van der Waals surface area contributed by atoms with E-state index in [2.05, 4.69) is 31.0 Å². The third-order valence-electron chi connectivity index (χ3n) is 20.7. The first kappa shape index (κ1) is 62.7. The highest BCUT2D eigenvalue weighted by molar-refractivity contribution is 5.92. The molecule has 2 saturated heterocycles. The van der Waals surface area contributed by atoms with Crippen LogP contribution in [-0.4, -0.2) is 137 Å². The zero-order valence-electron chi connectivity index (χ0n) is 50.4. The lowest BCUT2D eigenvalue weighted by atomic mass is 9.89. The number of para-hydroxylation sites is 2.